The number of hydrogen-bond donors (Lipinski definition) is 0. The van der Waals surface area contributed by atoms with Crippen LogP contribution in [-0.2, 0) is 5.41 Å². The van der Waals surface area contributed by atoms with Crippen LogP contribution in [-0.4, -0.2) is 12.1 Å². The fourth-order valence-corrected chi connectivity index (χ4v) is 2.26. The molecule has 3 heteroatoms. The van der Waals surface area contributed by atoms with Crippen LogP contribution in [0.2, 0.25) is 5.15 Å². The van der Waals surface area contributed by atoms with Gasteiger partial charge in [0.1, 0.15) is 16.4 Å². The third kappa shape index (κ3) is 2.22. The standard InChI is InChI=1S/C14H16ClNO/c1-14(2,3)10-8-9-6-5-7-11(17-4)12(9)16-13(10)15/h5-8H,1-4H3. The van der Waals surface area contributed by atoms with Crippen LogP contribution in [0.15, 0.2) is 24.3 Å². The lowest BCUT2D eigenvalue weighted by Gasteiger charge is -2.20. The summed E-state index contributed by atoms with van der Waals surface area (Å²) in [5.41, 5.74) is 1.86. The van der Waals surface area contributed by atoms with E-state index in [-0.39, 0.29) is 5.41 Å². The molecule has 0 fully saturated rings. The maximum Gasteiger partial charge on any atom is 0.145 e. The van der Waals surface area contributed by atoms with Gasteiger partial charge >= 0.3 is 0 Å². The van der Waals surface area contributed by atoms with Crippen molar-refractivity contribution in [3.8, 4) is 5.75 Å². The molecule has 0 saturated heterocycles. The molecule has 0 radical (unpaired) electrons. The number of aromatic nitrogens is 1. The van der Waals surface area contributed by atoms with Crippen molar-refractivity contribution in [1.82, 2.24) is 4.98 Å². The van der Waals surface area contributed by atoms with Gasteiger partial charge in [0, 0.05) is 5.39 Å². The van der Waals surface area contributed by atoms with Crippen LogP contribution in [0.1, 0.15) is 26.3 Å². The fourth-order valence-electron chi connectivity index (χ4n) is 1.84. The zero-order valence-corrected chi connectivity index (χ0v) is 11.3. The number of pyridine rings is 1. The first kappa shape index (κ1) is 12.2. The van der Waals surface area contributed by atoms with Crippen molar-refractivity contribution in [2.24, 2.45) is 0 Å². The molecule has 0 aliphatic carbocycles. The summed E-state index contributed by atoms with van der Waals surface area (Å²) in [6.07, 6.45) is 0. The highest BCUT2D eigenvalue weighted by Crippen LogP contribution is 2.33. The van der Waals surface area contributed by atoms with Crippen molar-refractivity contribution >= 4 is 22.5 Å². The Bertz CT molecular complexity index is 558. The molecule has 0 aliphatic heterocycles. The Morgan fingerprint density at radius 2 is 1.94 bits per heavy atom. The van der Waals surface area contributed by atoms with Gasteiger partial charge in [0.05, 0.1) is 7.11 Å². The Morgan fingerprint density at radius 3 is 2.53 bits per heavy atom. The van der Waals surface area contributed by atoms with Crippen LogP contribution in [0.4, 0.5) is 0 Å². The van der Waals surface area contributed by atoms with Crippen molar-refractivity contribution in [2.45, 2.75) is 26.2 Å². The number of benzene rings is 1. The van der Waals surface area contributed by atoms with Crippen LogP contribution in [0.3, 0.4) is 0 Å². The van der Waals surface area contributed by atoms with E-state index in [0.29, 0.717) is 5.15 Å². The van der Waals surface area contributed by atoms with Gasteiger partial charge in [0.2, 0.25) is 0 Å². The molecule has 90 valence electrons. The van der Waals surface area contributed by atoms with E-state index in [2.05, 4.69) is 31.8 Å². The number of fused-ring (bicyclic) bond motifs is 1. The molecule has 2 aromatic rings. The molecule has 0 atom stereocenters. The monoisotopic (exact) mass is 249 g/mol. The second-order valence-corrected chi connectivity index (χ2v) is 5.47. The van der Waals surface area contributed by atoms with Gasteiger partial charge in [-0.15, -0.1) is 0 Å². The second kappa shape index (κ2) is 4.19. The summed E-state index contributed by atoms with van der Waals surface area (Å²) in [5, 5.41) is 1.60. The normalized spacial score (nSPS) is 11.8. The summed E-state index contributed by atoms with van der Waals surface area (Å²) in [5.74, 6) is 0.754. The van der Waals surface area contributed by atoms with Gasteiger partial charge in [0.15, 0.2) is 0 Å². The Morgan fingerprint density at radius 1 is 1.24 bits per heavy atom. The van der Waals surface area contributed by atoms with Gasteiger partial charge in [-0.25, -0.2) is 4.98 Å². The molecule has 0 spiro atoms. The first-order valence-electron chi connectivity index (χ1n) is 5.57. The topological polar surface area (TPSA) is 22.1 Å². The number of methoxy groups -OCH3 is 1. The predicted molar refractivity (Wildman–Crippen MR) is 72.0 cm³/mol. The Labute approximate surface area is 107 Å². The largest absolute Gasteiger partial charge is 0.494 e. The fraction of sp³-hybridized carbons (Fsp3) is 0.357. The maximum atomic E-state index is 6.25. The molecule has 2 rings (SSSR count). The minimum absolute atomic E-state index is 0.0125. The Balaban J connectivity index is 2.75. The summed E-state index contributed by atoms with van der Waals surface area (Å²) in [6, 6.07) is 7.97. The molecule has 1 heterocycles. The summed E-state index contributed by atoms with van der Waals surface area (Å²) < 4.78 is 5.29. The minimum atomic E-state index is -0.0125. The van der Waals surface area contributed by atoms with Gasteiger partial charge in [-0.1, -0.05) is 44.5 Å². The zero-order chi connectivity index (χ0) is 12.6. The van der Waals surface area contributed by atoms with Crippen molar-refractivity contribution in [1.29, 1.82) is 0 Å². The van der Waals surface area contributed by atoms with Gasteiger partial charge in [-0.05, 0) is 23.1 Å². The summed E-state index contributed by atoms with van der Waals surface area (Å²) in [6.45, 7) is 6.38. The quantitative estimate of drug-likeness (QED) is 0.707. The molecular formula is C14H16ClNO. The number of rotatable bonds is 1. The number of nitrogens with zero attached hydrogens (tertiary/aromatic N) is 1. The van der Waals surface area contributed by atoms with Crippen molar-refractivity contribution in [3.05, 3.63) is 35.0 Å². The van der Waals surface area contributed by atoms with Crippen molar-refractivity contribution in [3.63, 3.8) is 0 Å². The third-order valence-corrected chi connectivity index (χ3v) is 3.08. The van der Waals surface area contributed by atoms with Gasteiger partial charge in [0.25, 0.3) is 0 Å². The van der Waals surface area contributed by atoms with Gasteiger partial charge in [-0.3, -0.25) is 0 Å². The summed E-state index contributed by atoms with van der Waals surface area (Å²) in [7, 11) is 1.64. The molecule has 2 nitrogen and oxygen atoms in total. The zero-order valence-electron chi connectivity index (χ0n) is 10.5. The SMILES string of the molecule is COc1cccc2cc(C(C)(C)C)c(Cl)nc12. The van der Waals surface area contributed by atoms with Crippen molar-refractivity contribution < 1.29 is 4.74 Å². The first-order valence-corrected chi connectivity index (χ1v) is 5.95. The lowest BCUT2D eigenvalue weighted by atomic mass is 9.87. The van der Waals surface area contributed by atoms with E-state index in [4.69, 9.17) is 16.3 Å². The van der Waals surface area contributed by atoms with E-state index >= 15 is 0 Å². The van der Waals surface area contributed by atoms with E-state index in [1.807, 2.05) is 18.2 Å². The number of halogens is 1. The van der Waals surface area contributed by atoms with E-state index in [9.17, 15) is 0 Å². The lowest BCUT2D eigenvalue weighted by molar-refractivity contribution is 0.419. The molecule has 1 aromatic carbocycles. The molecule has 1 aromatic heterocycles. The van der Waals surface area contributed by atoms with E-state index in [1.54, 1.807) is 7.11 Å². The average Bonchev–Trinajstić information content (AvgIpc) is 2.26. The van der Waals surface area contributed by atoms with E-state index in [0.717, 1.165) is 22.2 Å². The molecule has 0 amide bonds. The highest BCUT2D eigenvalue weighted by atomic mass is 35.5. The number of para-hydroxylation sites is 1. The van der Waals surface area contributed by atoms with E-state index in [1.165, 1.54) is 0 Å². The van der Waals surface area contributed by atoms with E-state index < -0.39 is 0 Å². The Kier molecular flexibility index (Phi) is 3.00. The lowest BCUT2D eigenvalue weighted by Crippen LogP contribution is -2.12. The third-order valence-electron chi connectivity index (χ3n) is 2.79. The van der Waals surface area contributed by atoms with Crippen LogP contribution in [0.5, 0.6) is 5.75 Å². The van der Waals surface area contributed by atoms with Crippen LogP contribution in [0.25, 0.3) is 10.9 Å². The molecule has 0 unspecified atom stereocenters. The minimum Gasteiger partial charge on any atom is -0.494 e. The number of hydrogen-bond acceptors (Lipinski definition) is 2. The molecule has 0 saturated carbocycles. The molecule has 0 bridgehead atoms. The maximum absolute atomic E-state index is 6.25. The Hall–Kier alpha value is -1.28. The van der Waals surface area contributed by atoms with Crippen LogP contribution >= 0.6 is 11.6 Å². The predicted octanol–water partition coefficient (Wildman–Crippen LogP) is 4.19. The van der Waals surface area contributed by atoms with Gasteiger partial charge in [-0.2, -0.15) is 0 Å². The average molecular weight is 250 g/mol. The molecule has 0 N–H and O–H groups in total. The summed E-state index contributed by atoms with van der Waals surface area (Å²) in [4.78, 5) is 4.45. The van der Waals surface area contributed by atoms with Crippen LogP contribution in [0, 0.1) is 0 Å². The smallest absolute Gasteiger partial charge is 0.145 e. The van der Waals surface area contributed by atoms with Gasteiger partial charge < -0.3 is 4.74 Å². The highest BCUT2D eigenvalue weighted by molar-refractivity contribution is 6.30. The first-order chi connectivity index (χ1) is 7.93. The second-order valence-electron chi connectivity index (χ2n) is 5.11. The van der Waals surface area contributed by atoms with Crippen LogP contribution < -0.4 is 4.74 Å². The highest BCUT2D eigenvalue weighted by Gasteiger charge is 2.19. The number of ether oxygens (including phenoxy) is 1. The molecular weight excluding hydrogens is 234 g/mol. The van der Waals surface area contributed by atoms with Crippen molar-refractivity contribution in [2.75, 3.05) is 7.11 Å². The summed E-state index contributed by atoms with van der Waals surface area (Å²) >= 11 is 6.25. The molecule has 0 aliphatic rings. The molecule has 17 heavy (non-hydrogen) atoms.